The number of alkyl halides is 2. The van der Waals surface area contributed by atoms with Crippen LogP contribution in [0.4, 0.5) is 0 Å². The van der Waals surface area contributed by atoms with Crippen molar-refractivity contribution in [3.63, 3.8) is 0 Å². The van der Waals surface area contributed by atoms with E-state index in [-0.39, 0.29) is 6.61 Å². The number of hydrogen-bond donors (Lipinski definition) is 2. The topological polar surface area (TPSA) is 71.0 Å². The van der Waals surface area contributed by atoms with Gasteiger partial charge >= 0.3 is 7.67 Å². The summed E-state index contributed by atoms with van der Waals surface area (Å²) in [7, 11) is -3.20. The summed E-state index contributed by atoms with van der Waals surface area (Å²) in [6.45, 7) is 1.02. The molecule has 0 aromatic rings. The summed E-state index contributed by atoms with van der Waals surface area (Å²) >= 11 is 11.2. The van der Waals surface area contributed by atoms with E-state index in [4.69, 9.17) is 33.0 Å². The fourth-order valence-electron chi connectivity index (χ4n) is 1.38. The Labute approximate surface area is 104 Å². The van der Waals surface area contributed by atoms with E-state index in [1.165, 1.54) is 4.67 Å². The monoisotopic (exact) mass is 292 g/mol. The van der Waals surface area contributed by atoms with Crippen LogP contribution >= 0.6 is 30.9 Å². The summed E-state index contributed by atoms with van der Waals surface area (Å²) in [5.74, 6) is 0.632. The largest absolute Gasteiger partial charge is 0.345 e. The Morgan fingerprint density at radius 3 is 2.62 bits per heavy atom. The van der Waals surface area contributed by atoms with E-state index < -0.39 is 13.9 Å². The predicted octanol–water partition coefficient (Wildman–Crippen LogP) is 1.70. The van der Waals surface area contributed by atoms with Crippen molar-refractivity contribution in [3.05, 3.63) is 0 Å². The predicted molar refractivity (Wildman–Crippen MR) is 61.8 cm³/mol. The summed E-state index contributed by atoms with van der Waals surface area (Å²) in [4.78, 5) is 4.14. The van der Waals surface area contributed by atoms with Gasteiger partial charge in [0.05, 0.1) is 6.61 Å². The average molecular weight is 293 g/mol. The first-order valence-corrected chi connectivity index (χ1v) is 7.51. The molecule has 1 aliphatic rings. The van der Waals surface area contributed by atoms with Crippen LogP contribution < -0.4 is 5.09 Å². The van der Waals surface area contributed by atoms with Crippen molar-refractivity contribution in [2.45, 2.75) is 12.6 Å². The Kier molecular flexibility index (Phi) is 6.54. The first-order chi connectivity index (χ1) is 7.66. The lowest BCUT2D eigenvalue weighted by Gasteiger charge is -2.35. The van der Waals surface area contributed by atoms with E-state index in [0.717, 1.165) is 0 Å². The SMILES string of the molecule is O=[P@@]1(N(CCCl)CCCl)N[C@@H](OO)CCO1. The molecule has 0 saturated carbocycles. The van der Waals surface area contributed by atoms with E-state index in [2.05, 4.69) is 9.97 Å². The molecule has 0 spiro atoms. The van der Waals surface area contributed by atoms with Crippen LogP contribution in [0.5, 0.6) is 0 Å². The minimum absolute atomic E-state index is 0.247. The summed E-state index contributed by atoms with van der Waals surface area (Å²) in [5.41, 5.74) is 0. The Hall–Kier alpha value is 0.610. The molecule has 0 aliphatic carbocycles. The van der Waals surface area contributed by atoms with Crippen LogP contribution in [0.1, 0.15) is 6.42 Å². The first-order valence-electron chi connectivity index (χ1n) is 4.86. The zero-order valence-electron chi connectivity index (χ0n) is 8.64. The van der Waals surface area contributed by atoms with Crippen molar-refractivity contribution >= 4 is 30.9 Å². The second-order valence-electron chi connectivity index (χ2n) is 3.20. The minimum Gasteiger partial charge on any atom is -0.306 e. The third-order valence-corrected chi connectivity index (χ3v) is 4.77. The van der Waals surface area contributed by atoms with E-state index in [1.54, 1.807) is 0 Å². The zero-order chi connectivity index (χ0) is 12.0. The highest BCUT2D eigenvalue weighted by Crippen LogP contribution is 2.49. The molecule has 2 N–H and O–H groups in total. The maximum atomic E-state index is 12.4. The van der Waals surface area contributed by atoms with E-state index in [1.807, 2.05) is 0 Å². The van der Waals surface area contributed by atoms with Gasteiger partial charge < -0.3 is 4.52 Å². The van der Waals surface area contributed by atoms with Gasteiger partial charge in [0, 0.05) is 31.3 Å². The second-order valence-corrected chi connectivity index (χ2v) is 6.08. The fourth-order valence-corrected chi connectivity index (χ4v) is 4.04. The molecule has 9 heteroatoms. The number of nitrogens with zero attached hydrogens (tertiary/aromatic N) is 1. The highest BCUT2D eigenvalue weighted by Gasteiger charge is 2.37. The molecule has 1 fully saturated rings. The molecule has 1 aliphatic heterocycles. The minimum atomic E-state index is -3.20. The van der Waals surface area contributed by atoms with E-state index in [0.29, 0.717) is 31.3 Å². The van der Waals surface area contributed by atoms with Crippen molar-refractivity contribution in [1.29, 1.82) is 0 Å². The van der Waals surface area contributed by atoms with Gasteiger partial charge in [0.25, 0.3) is 0 Å². The Balaban J connectivity index is 2.67. The third kappa shape index (κ3) is 3.82. The molecule has 0 aromatic heterocycles. The molecule has 0 amide bonds. The summed E-state index contributed by atoms with van der Waals surface area (Å²) in [6.07, 6.45) is -0.261. The molecule has 0 unspecified atom stereocenters. The van der Waals surface area contributed by atoms with Crippen LogP contribution in [-0.4, -0.2) is 47.6 Å². The van der Waals surface area contributed by atoms with Gasteiger partial charge in [-0.25, -0.2) is 14.6 Å². The smallest absolute Gasteiger partial charge is 0.306 e. The maximum absolute atomic E-state index is 12.4. The molecule has 1 heterocycles. The number of nitrogens with one attached hydrogen (secondary N) is 1. The van der Waals surface area contributed by atoms with Gasteiger partial charge in [-0.3, -0.25) is 9.82 Å². The number of rotatable bonds is 6. The summed E-state index contributed by atoms with van der Waals surface area (Å²) in [5, 5.41) is 11.2. The molecule has 0 radical (unpaired) electrons. The molecule has 1 rings (SSSR count). The van der Waals surface area contributed by atoms with E-state index >= 15 is 0 Å². The summed E-state index contributed by atoms with van der Waals surface area (Å²) in [6, 6.07) is 0. The standard InChI is InChI=1S/C7H15Cl2N2O4P/c8-2-4-11(5-3-9)16(13)10-7(15-12)1-6-14-16/h7,12H,1-6H2,(H,10,13)/t7-,16-/m0/s1. The molecule has 96 valence electrons. The van der Waals surface area contributed by atoms with Crippen LogP contribution in [0, 0.1) is 0 Å². The highest BCUT2D eigenvalue weighted by molar-refractivity contribution is 7.54. The lowest BCUT2D eigenvalue weighted by molar-refractivity contribution is -0.286. The molecular formula is C7H15Cl2N2O4P. The highest BCUT2D eigenvalue weighted by atomic mass is 35.5. The second kappa shape index (κ2) is 7.13. The molecule has 6 nitrogen and oxygen atoms in total. The van der Waals surface area contributed by atoms with Gasteiger partial charge in [0.15, 0.2) is 6.23 Å². The van der Waals surface area contributed by atoms with Crippen LogP contribution in [0.2, 0.25) is 0 Å². The van der Waals surface area contributed by atoms with Crippen molar-refractivity contribution in [2.75, 3.05) is 31.5 Å². The Morgan fingerprint density at radius 1 is 1.50 bits per heavy atom. The first kappa shape index (κ1) is 14.7. The van der Waals surface area contributed by atoms with Gasteiger partial charge in [-0.1, -0.05) is 0 Å². The molecule has 0 aromatic carbocycles. The van der Waals surface area contributed by atoms with Crippen LogP contribution in [-0.2, 0) is 14.0 Å². The zero-order valence-corrected chi connectivity index (χ0v) is 11.0. The lowest BCUT2D eigenvalue weighted by atomic mass is 10.4. The molecular weight excluding hydrogens is 278 g/mol. The van der Waals surface area contributed by atoms with Crippen molar-refractivity contribution in [2.24, 2.45) is 0 Å². The Morgan fingerprint density at radius 2 is 2.12 bits per heavy atom. The Bertz CT molecular complexity index is 253. The molecule has 1 saturated heterocycles. The van der Waals surface area contributed by atoms with Crippen molar-refractivity contribution < 1.29 is 19.2 Å². The van der Waals surface area contributed by atoms with E-state index in [9.17, 15) is 4.57 Å². The maximum Gasteiger partial charge on any atom is 0.345 e. The van der Waals surface area contributed by atoms with Crippen LogP contribution in [0.3, 0.4) is 0 Å². The quantitative estimate of drug-likeness (QED) is 0.336. The lowest BCUT2D eigenvalue weighted by Crippen LogP contribution is -2.42. The van der Waals surface area contributed by atoms with Gasteiger partial charge in [0.1, 0.15) is 0 Å². The summed E-state index contributed by atoms with van der Waals surface area (Å²) < 4.78 is 19.1. The van der Waals surface area contributed by atoms with Crippen LogP contribution in [0.15, 0.2) is 0 Å². The van der Waals surface area contributed by atoms with Crippen LogP contribution in [0.25, 0.3) is 0 Å². The average Bonchev–Trinajstić information content (AvgIpc) is 2.29. The van der Waals surface area contributed by atoms with Crippen molar-refractivity contribution in [1.82, 2.24) is 9.76 Å². The van der Waals surface area contributed by atoms with Gasteiger partial charge in [-0.05, 0) is 0 Å². The molecule has 2 atom stereocenters. The van der Waals surface area contributed by atoms with Crippen molar-refractivity contribution in [3.8, 4) is 0 Å². The van der Waals surface area contributed by atoms with Gasteiger partial charge in [0.2, 0.25) is 0 Å². The number of hydrogen-bond acceptors (Lipinski definition) is 4. The van der Waals surface area contributed by atoms with Gasteiger partial charge in [-0.2, -0.15) is 0 Å². The molecule has 0 bridgehead atoms. The third-order valence-electron chi connectivity index (χ3n) is 2.14. The fraction of sp³-hybridized carbons (Fsp3) is 1.00. The van der Waals surface area contributed by atoms with Gasteiger partial charge in [-0.15, -0.1) is 23.2 Å². The molecule has 16 heavy (non-hydrogen) atoms. The number of halogens is 2. The normalized spacial score (nSPS) is 30.9.